The second-order valence-corrected chi connectivity index (χ2v) is 7.62. The number of fused-ring (bicyclic) bond motifs is 1. The van der Waals surface area contributed by atoms with E-state index in [1.807, 2.05) is 6.07 Å². The van der Waals surface area contributed by atoms with E-state index in [9.17, 15) is 0 Å². The van der Waals surface area contributed by atoms with Gasteiger partial charge < -0.3 is 0 Å². The fraction of sp³-hybridized carbons (Fsp3) is 0.0667. The number of benzene rings is 2. The number of alkyl halides is 1. The molecule has 0 N–H and O–H groups in total. The smallest absolute Gasteiger partial charge is 0.0659 e. The number of thiophene rings is 1. The van der Waals surface area contributed by atoms with Crippen LogP contribution in [-0.4, -0.2) is 0 Å². The minimum Gasteiger partial charge on any atom is -0.143 e. The van der Waals surface area contributed by atoms with Crippen molar-refractivity contribution in [3.63, 3.8) is 0 Å². The molecule has 0 nitrogen and oxygen atoms in total. The molecule has 3 aromatic rings. The largest absolute Gasteiger partial charge is 0.143 e. The van der Waals surface area contributed by atoms with Gasteiger partial charge in [-0.15, -0.1) is 11.3 Å². The monoisotopic (exact) mass is 462 g/mol. The zero-order valence-electron chi connectivity index (χ0n) is 9.74. The van der Waals surface area contributed by atoms with E-state index in [0.717, 1.165) is 8.59 Å². The molecular weight excluding hydrogens is 454 g/mol. The summed E-state index contributed by atoms with van der Waals surface area (Å²) in [6.45, 7) is 0. The van der Waals surface area contributed by atoms with Crippen molar-refractivity contribution in [1.29, 1.82) is 0 Å². The summed E-state index contributed by atoms with van der Waals surface area (Å²) in [5.74, 6) is 0. The van der Waals surface area contributed by atoms with Gasteiger partial charge >= 0.3 is 0 Å². The van der Waals surface area contributed by atoms with Gasteiger partial charge in [0, 0.05) is 8.27 Å². The van der Waals surface area contributed by atoms with Crippen LogP contribution in [-0.2, 0) is 0 Å². The Labute approximate surface area is 143 Å². The van der Waals surface area contributed by atoms with E-state index in [1.54, 1.807) is 11.3 Å². The third kappa shape index (κ3) is 2.71. The van der Waals surface area contributed by atoms with Crippen molar-refractivity contribution in [2.75, 3.05) is 0 Å². The molecule has 0 aliphatic carbocycles. The van der Waals surface area contributed by atoms with Gasteiger partial charge in [-0.25, -0.2) is 0 Å². The normalized spacial score (nSPS) is 12.8. The van der Waals surface area contributed by atoms with Crippen LogP contribution in [0.2, 0.25) is 5.02 Å². The summed E-state index contributed by atoms with van der Waals surface area (Å²) < 4.78 is 2.40. The highest BCUT2D eigenvalue weighted by molar-refractivity contribution is 14.1. The maximum Gasteiger partial charge on any atom is 0.0659 e. The van der Waals surface area contributed by atoms with Gasteiger partial charge in [-0.2, -0.15) is 0 Å². The molecule has 0 saturated heterocycles. The van der Waals surface area contributed by atoms with Crippen LogP contribution < -0.4 is 0 Å². The Kier molecular flexibility index (Phi) is 4.17. The number of hydrogen-bond acceptors (Lipinski definition) is 1. The van der Waals surface area contributed by atoms with Crippen LogP contribution in [0.15, 0.2) is 47.8 Å². The SMILES string of the molecule is Clc1cc(C(Br)c2csc3ccccc23)ccc1I. The molecule has 0 bridgehead atoms. The molecule has 0 aliphatic rings. The lowest BCUT2D eigenvalue weighted by Crippen LogP contribution is -1.92. The van der Waals surface area contributed by atoms with Gasteiger partial charge in [0.2, 0.25) is 0 Å². The van der Waals surface area contributed by atoms with E-state index < -0.39 is 0 Å². The summed E-state index contributed by atoms with van der Waals surface area (Å²) in [4.78, 5) is 0.179. The predicted octanol–water partition coefficient (Wildman–Crippen LogP) is 6.64. The van der Waals surface area contributed by atoms with Crippen LogP contribution in [0.1, 0.15) is 16.0 Å². The molecule has 0 radical (unpaired) electrons. The molecule has 3 rings (SSSR count). The molecule has 1 heterocycles. The Hall–Kier alpha value is -0.100. The summed E-state index contributed by atoms with van der Waals surface area (Å²) in [6.07, 6.45) is 0. The fourth-order valence-electron chi connectivity index (χ4n) is 2.04. The topological polar surface area (TPSA) is 0 Å². The van der Waals surface area contributed by atoms with Crippen molar-refractivity contribution in [3.05, 3.63) is 67.6 Å². The summed E-state index contributed by atoms with van der Waals surface area (Å²) in [7, 11) is 0. The Morgan fingerprint density at radius 3 is 2.74 bits per heavy atom. The van der Waals surface area contributed by atoms with E-state index in [4.69, 9.17) is 11.6 Å². The lowest BCUT2D eigenvalue weighted by molar-refractivity contribution is 1.21. The van der Waals surface area contributed by atoms with Crippen LogP contribution in [0.4, 0.5) is 0 Å². The first-order valence-electron chi connectivity index (χ1n) is 5.72. The zero-order valence-corrected chi connectivity index (χ0v) is 15.1. The number of rotatable bonds is 2. The first-order chi connectivity index (χ1) is 9.16. The van der Waals surface area contributed by atoms with Crippen LogP contribution >= 0.6 is 61.5 Å². The van der Waals surface area contributed by atoms with Crippen molar-refractivity contribution < 1.29 is 0 Å². The molecule has 1 unspecified atom stereocenters. The van der Waals surface area contributed by atoms with E-state index in [0.29, 0.717) is 0 Å². The summed E-state index contributed by atoms with van der Waals surface area (Å²) in [5.41, 5.74) is 2.49. The van der Waals surface area contributed by atoms with E-state index in [2.05, 4.69) is 80.3 Å². The lowest BCUT2D eigenvalue weighted by Gasteiger charge is -2.10. The molecule has 1 atom stereocenters. The molecule has 2 aromatic carbocycles. The summed E-state index contributed by atoms with van der Waals surface area (Å²) >= 11 is 14.0. The zero-order chi connectivity index (χ0) is 13.4. The van der Waals surface area contributed by atoms with Crippen LogP contribution in [0.3, 0.4) is 0 Å². The Morgan fingerprint density at radius 1 is 1.16 bits per heavy atom. The van der Waals surface area contributed by atoms with Crippen LogP contribution in [0, 0.1) is 3.57 Å². The van der Waals surface area contributed by atoms with E-state index in [-0.39, 0.29) is 4.83 Å². The van der Waals surface area contributed by atoms with Crippen LogP contribution in [0.25, 0.3) is 10.1 Å². The Morgan fingerprint density at radius 2 is 1.95 bits per heavy atom. The van der Waals surface area contributed by atoms with E-state index in [1.165, 1.54) is 21.2 Å². The van der Waals surface area contributed by atoms with Gasteiger partial charge in [0.05, 0.1) is 9.85 Å². The van der Waals surface area contributed by atoms with Crippen molar-refractivity contribution >= 4 is 71.5 Å². The average Bonchev–Trinajstić information content (AvgIpc) is 2.85. The maximum atomic E-state index is 6.21. The Balaban J connectivity index is 2.08. The van der Waals surface area contributed by atoms with Gasteiger partial charge in [-0.1, -0.05) is 51.8 Å². The molecule has 0 fully saturated rings. The summed E-state index contributed by atoms with van der Waals surface area (Å²) in [5, 5.41) is 4.33. The highest BCUT2D eigenvalue weighted by atomic mass is 127. The average molecular weight is 464 g/mol. The van der Waals surface area contributed by atoms with Gasteiger partial charge in [0.15, 0.2) is 0 Å². The quantitative estimate of drug-likeness (QED) is 0.295. The molecular formula is C15H9BrClIS. The molecule has 19 heavy (non-hydrogen) atoms. The standard InChI is InChI=1S/C15H9BrClIS/c16-15(9-5-6-13(18)12(17)7-9)11-8-19-14-4-2-1-3-10(11)14/h1-8,15H. The first kappa shape index (κ1) is 13.9. The molecule has 1 aromatic heterocycles. The number of halogens is 3. The molecule has 4 heteroatoms. The third-order valence-corrected chi connectivity index (χ3v) is 6.60. The predicted molar refractivity (Wildman–Crippen MR) is 96.8 cm³/mol. The van der Waals surface area contributed by atoms with Crippen LogP contribution in [0.5, 0.6) is 0 Å². The highest BCUT2D eigenvalue weighted by Gasteiger charge is 2.15. The number of hydrogen-bond donors (Lipinski definition) is 0. The van der Waals surface area contributed by atoms with Crippen molar-refractivity contribution in [1.82, 2.24) is 0 Å². The Bertz CT molecular complexity index is 738. The highest BCUT2D eigenvalue weighted by Crippen LogP contribution is 2.39. The second kappa shape index (κ2) is 5.72. The molecule has 0 spiro atoms. The maximum absolute atomic E-state index is 6.21. The van der Waals surface area contributed by atoms with Crippen molar-refractivity contribution in [3.8, 4) is 0 Å². The van der Waals surface area contributed by atoms with Crippen molar-refractivity contribution in [2.45, 2.75) is 4.83 Å². The van der Waals surface area contributed by atoms with E-state index >= 15 is 0 Å². The fourth-order valence-corrected chi connectivity index (χ4v) is 4.39. The van der Waals surface area contributed by atoms with Crippen molar-refractivity contribution in [2.24, 2.45) is 0 Å². The molecule has 0 amide bonds. The first-order valence-corrected chi connectivity index (χ1v) is 8.97. The molecule has 96 valence electrons. The minimum atomic E-state index is 0.179. The van der Waals surface area contributed by atoms with Gasteiger partial charge in [-0.05, 0) is 62.7 Å². The summed E-state index contributed by atoms with van der Waals surface area (Å²) in [6, 6.07) is 14.7. The molecule has 0 aliphatic heterocycles. The lowest BCUT2D eigenvalue weighted by atomic mass is 10.0. The van der Waals surface area contributed by atoms with Gasteiger partial charge in [0.1, 0.15) is 0 Å². The second-order valence-electron chi connectivity index (χ2n) is 4.22. The van der Waals surface area contributed by atoms with Gasteiger partial charge in [-0.3, -0.25) is 0 Å². The van der Waals surface area contributed by atoms with Gasteiger partial charge in [0.25, 0.3) is 0 Å². The third-order valence-electron chi connectivity index (χ3n) is 3.02. The minimum absolute atomic E-state index is 0.179. The molecule has 0 saturated carbocycles.